The van der Waals surface area contributed by atoms with Gasteiger partial charge in [0.2, 0.25) is 0 Å². The summed E-state index contributed by atoms with van der Waals surface area (Å²) in [6.07, 6.45) is 15.1. The average Bonchev–Trinajstić information content (AvgIpc) is 3.10. The minimum absolute atomic E-state index is 0.460. The van der Waals surface area contributed by atoms with E-state index in [0.717, 1.165) is 24.4 Å². The van der Waals surface area contributed by atoms with Gasteiger partial charge in [-0.25, -0.2) is 4.98 Å². The van der Waals surface area contributed by atoms with Gasteiger partial charge in [0.1, 0.15) is 5.15 Å². The molecule has 0 spiro atoms. The normalized spacial score (nSPS) is 16.5. The second kappa shape index (κ2) is 11.4. The van der Waals surface area contributed by atoms with Crippen LogP contribution in [0.2, 0.25) is 5.15 Å². The molecule has 0 radical (unpaired) electrons. The molecule has 0 bridgehead atoms. The summed E-state index contributed by atoms with van der Waals surface area (Å²) in [6.45, 7) is 7.36. The zero-order chi connectivity index (χ0) is 18.7. The number of rotatable bonds is 11. The van der Waals surface area contributed by atoms with Gasteiger partial charge < -0.3 is 5.32 Å². The summed E-state index contributed by atoms with van der Waals surface area (Å²) in [6, 6.07) is 2.01. The van der Waals surface area contributed by atoms with Crippen molar-refractivity contribution < 1.29 is 0 Å². The highest BCUT2D eigenvalue weighted by Crippen LogP contribution is 2.43. The molecular formula is C20H29ClN4S. The number of aliphatic imine (C=N–C) groups is 2. The lowest BCUT2D eigenvalue weighted by Gasteiger charge is -2.28. The molecule has 0 aromatic carbocycles. The van der Waals surface area contributed by atoms with Crippen LogP contribution in [0.4, 0.5) is 0 Å². The monoisotopic (exact) mass is 392 g/mol. The summed E-state index contributed by atoms with van der Waals surface area (Å²) in [5.74, 6) is 0.870. The first-order valence-corrected chi connectivity index (χ1v) is 10.6. The predicted molar refractivity (Wildman–Crippen MR) is 115 cm³/mol. The van der Waals surface area contributed by atoms with Crippen LogP contribution in [0.5, 0.6) is 0 Å². The van der Waals surface area contributed by atoms with E-state index in [-0.39, 0.29) is 0 Å². The van der Waals surface area contributed by atoms with E-state index < -0.39 is 0 Å². The van der Waals surface area contributed by atoms with Crippen molar-refractivity contribution >= 4 is 36.3 Å². The van der Waals surface area contributed by atoms with Crippen molar-refractivity contribution in [3.05, 3.63) is 35.4 Å². The van der Waals surface area contributed by atoms with Crippen LogP contribution in [0.15, 0.2) is 39.5 Å². The Morgan fingerprint density at radius 1 is 1.38 bits per heavy atom. The molecular weight excluding hydrogens is 364 g/mol. The first-order valence-electron chi connectivity index (χ1n) is 9.23. The van der Waals surface area contributed by atoms with Gasteiger partial charge in [0.05, 0.1) is 0 Å². The minimum Gasteiger partial charge on any atom is -0.390 e. The Kier molecular flexibility index (Phi) is 9.19. The average molecular weight is 393 g/mol. The van der Waals surface area contributed by atoms with Gasteiger partial charge in [-0.05, 0) is 56.4 Å². The first-order chi connectivity index (χ1) is 12.7. The SMILES string of the molecule is C=N/C=C/NCCC1(CC/N=C\CSc2ccnc(Cl)c2C)CCCC1. The van der Waals surface area contributed by atoms with Crippen molar-refractivity contribution in [2.75, 3.05) is 18.8 Å². The number of nitrogens with zero attached hydrogens (tertiary/aromatic N) is 3. The molecule has 0 amide bonds. The maximum Gasteiger partial charge on any atom is 0.133 e. The summed E-state index contributed by atoms with van der Waals surface area (Å²) >= 11 is 7.82. The van der Waals surface area contributed by atoms with Gasteiger partial charge in [-0.1, -0.05) is 24.4 Å². The van der Waals surface area contributed by atoms with Crippen LogP contribution in [0, 0.1) is 12.3 Å². The molecule has 0 atom stereocenters. The summed E-state index contributed by atoms with van der Waals surface area (Å²) < 4.78 is 0. The summed E-state index contributed by atoms with van der Waals surface area (Å²) in [5, 5.41) is 3.89. The van der Waals surface area contributed by atoms with Crippen LogP contribution in [-0.4, -0.2) is 36.8 Å². The third kappa shape index (κ3) is 6.76. The Balaban J connectivity index is 1.71. The Hall–Kier alpha value is -1.33. The zero-order valence-corrected chi connectivity index (χ0v) is 17.2. The molecule has 1 fully saturated rings. The number of aromatic nitrogens is 1. The predicted octanol–water partition coefficient (Wildman–Crippen LogP) is 5.31. The van der Waals surface area contributed by atoms with E-state index in [2.05, 4.69) is 27.0 Å². The van der Waals surface area contributed by atoms with Gasteiger partial charge in [0.15, 0.2) is 0 Å². The summed E-state index contributed by atoms with van der Waals surface area (Å²) in [7, 11) is 0. The Labute approximate surface area is 166 Å². The zero-order valence-electron chi connectivity index (χ0n) is 15.6. The van der Waals surface area contributed by atoms with E-state index in [1.54, 1.807) is 24.2 Å². The smallest absolute Gasteiger partial charge is 0.133 e. The maximum absolute atomic E-state index is 6.06. The molecule has 6 heteroatoms. The molecule has 0 unspecified atom stereocenters. The number of halogens is 1. The van der Waals surface area contributed by atoms with E-state index in [4.69, 9.17) is 11.6 Å². The lowest BCUT2D eigenvalue weighted by Crippen LogP contribution is -2.23. The van der Waals surface area contributed by atoms with Crippen molar-refractivity contribution in [3.8, 4) is 0 Å². The third-order valence-corrected chi connectivity index (χ3v) is 6.52. The number of nitrogens with one attached hydrogen (secondary N) is 1. The molecule has 1 aliphatic carbocycles. The lowest BCUT2D eigenvalue weighted by molar-refractivity contribution is 0.253. The standard InChI is InChI=1S/C20H29ClN4S/c1-17-18(5-10-25-19(17)21)26-16-15-24-12-9-20(6-3-4-7-20)8-11-23-14-13-22-2/h5,10,13-15,23H,2-4,6-9,11-12,16H2,1H3/b14-13+,24-15-. The molecule has 1 N–H and O–H groups in total. The second-order valence-corrected chi connectivity index (χ2v) is 8.20. The van der Waals surface area contributed by atoms with Gasteiger partial charge in [-0.2, -0.15) is 0 Å². The largest absolute Gasteiger partial charge is 0.390 e. The van der Waals surface area contributed by atoms with Crippen molar-refractivity contribution in [1.82, 2.24) is 10.3 Å². The molecule has 0 saturated heterocycles. The van der Waals surface area contributed by atoms with E-state index in [1.807, 2.05) is 25.4 Å². The maximum atomic E-state index is 6.06. The molecule has 2 rings (SSSR count). The molecule has 1 aliphatic rings. The van der Waals surface area contributed by atoms with Gasteiger partial charge in [-0.3, -0.25) is 9.98 Å². The molecule has 1 heterocycles. The number of hydrogen-bond donors (Lipinski definition) is 1. The molecule has 0 aliphatic heterocycles. The number of thioether (sulfide) groups is 1. The summed E-state index contributed by atoms with van der Waals surface area (Å²) in [4.78, 5) is 13.6. The first kappa shape index (κ1) is 21.0. The Morgan fingerprint density at radius 3 is 2.96 bits per heavy atom. The molecule has 1 saturated carbocycles. The van der Waals surface area contributed by atoms with Crippen LogP contribution in [-0.2, 0) is 0 Å². The van der Waals surface area contributed by atoms with Crippen LogP contribution in [0.3, 0.4) is 0 Å². The fourth-order valence-corrected chi connectivity index (χ4v) is 4.54. The second-order valence-electron chi connectivity index (χ2n) is 6.78. The van der Waals surface area contributed by atoms with Crippen molar-refractivity contribution in [2.45, 2.75) is 50.3 Å². The molecule has 1 aromatic rings. The van der Waals surface area contributed by atoms with Gasteiger partial charge in [-0.15, -0.1) is 11.8 Å². The number of pyridine rings is 1. The highest BCUT2D eigenvalue weighted by molar-refractivity contribution is 8.00. The molecule has 26 heavy (non-hydrogen) atoms. The topological polar surface area (TPSA) is 49.6 Å². The van der Waals surface area contributed by atoms with E-state index in [9.17, 15) is 0 Å². The lowest BCUT2D eigenvalue weighted by atomic mass is 9.79. The van der Waals surface area contributed by atoms with E-state index in [1.165, 1.54) is 43.4 Å². The fraction of sp³-hybridized carbons (Fsp3) is 0.550. The minimum atomic E-state index is 0.460. The van der Waals surface area contributed by atoms with E-state index in [0.29, 0.717) is 10.6 Å². The van der Waals surface area contributed by atoms with Crippen molar-refractivity contribution in [3.63, 3.8) is 0 Å². The Bertz CT molecular complexity index is 624. The van der Waals surface area contributed by atoms with Crippen molar-refractivity contribution in [2.24, 2.45) is 15.4 Å². The van der Waals surface area contributed by atoms with Crippen LogP contribution in [0.25, 0.3) is 0 Å². The Morgan fingerprint density at radius 2 is 2.19 bits per heavy atom. The van der Waals surface area contributed by atoms with Gasteiger partial charge in [0, 0.05) is 48.5 Å². The van der Waals surface area contributed by atoms with Gasteiger partial charge >= 0.3 is 0 Å². The highest BCUT2D eigenvalue weighted by atomic mass is 35.5. The van der Waals surface area contributed by atoms with E-state index >= 15 is 0 Å². The fourth-order valence-electron chi connectivity index (χ4n) is 3.50. The third-order valence-electron chi connectivity index (χ3n) is 5.07. The summed E-state index contributed by atoms with van der Waals surface area (Å²) in [5.41, 5.74) is 1.51. The van der Waals surface area contributed by atoms with Crippen LogP contribution >= 0.6 is 23.4 Å². The van der Waals surface area contributed by atoms with Crippen molar-refractivity contribution in [1.29, 1.82) is 0 Å². The highest BCUT2D eigenvalue weighted by Gasteiger charge is 2.32. The molecule has 1 aromatic heterocycles. The molecule has 4 nitrogen and oxygen atoms in total. The van der Waals surface area contributed by atoms with Crippen LogP contribution < -0.4 is 5.32 Å². The molecule has 142 valence electrons. The van der Waals surface area contributed by atoms with Gasteiger partial charge in [0.25, 0.3) is 0 Å². The number of hydrogen-bond acceptors (Lipinski definition) is 5. The van der Waals surface area contributed by atoms with Crippen LogP contribution in [0.1, 0.15) is 44.1 Å². The quantitative estimate of drug-likeness (QED) is 0.240.